The van der Waals surface area contributed by atoms with E-state index in [0.717, 1.165) is 5.06 Å². The highest BCUT2D eigenvalue weighted by atomic mass is 16.7. The van der Waals surface area contributed by atoms with Crippen molar-refractivity contribution in [2.24, 2.45) is 0 Å². The summed E-state index contributed by atoms with van der Waals surface area (Å²) in [6, 6.07) is 0. The third-order valence-corrected chi connectivity index (χ3v) is 1.17. The van der Waals surface area contributed by atoms with Crippen molar-refractivity contribution >= 4 is 12.2 Å². The fraction of sp³-hybridized carbons (Fsp3) is 0.600. The Morgan fingerprint density at radius 1 is 1.89 bits per heavy atom. The number of amides is 1. The molecule has 1 saturated heterocycles. The molecule has 4 heteroatoms. The van der Waals surface area contributed by atoms with E-state index in [2.05, 4.69) is 0 Å². The van der Waals surface area contributed by atoms with Crippen molar-refractivity contribution in [3.8, 4) is 0 Å². The molecule has 0 bridgehead atoms. The zero-order chi connectivity index (χ0) is 6.85. The Balaban J connectivity index is 2.53. The second-order valence-corrected chi connectivity index (χ2v) is 1.88. The van der Waals surface area contributed by atoms with Gasteiger partial charge in [-0.2, -0.15) is 0 Å². The van der Waals surface area contributed by atoms with Gasteiger partial charge in [-0.25, -0.2) is 5.06 Å². The van der Waals surface area contributed by atoms with Gasteiger partial charge in [0.1, 0.15) is 6.10 Å². The molecule has 1 unspecified atom stereocenters. The summed E-state index contributed by atoms with van der Waals surface area (Å²) in [6.45, 7) is 0. The van der Waals surface area contributed by atoms with Crippen LogP contribution in [0.3, 0.4) is 0 Å². The highest BCUT2D eigenvalue weighted by molar-refractivity contribution is 5.81. The molecule has 9 heavy (non-hydrogen) atoms. The number of rotatable bonds is 1. The fourth-order valence-electron chi connectivity index (χ4n) is 0.673. The van der Waals surface area contributed by atoms with E-state index in [1.807, 2.05) is 0 Å². The van der Waals surface area contributed by atoms with Gasteiger partial charge in [0.15, 0.2) is 6.29 Å². The van der Waals surface area contributed by atoms with E-state index in [4.69, 9.17) is 4.84 Å². The van der Waals surface area contributed by atoms with Crippen LogP contribution >= 0.6 is 0 Å². The summed E-state index contributed by atoms with van der Waals surface area (Å²) >= 11 is 0. The summed E-state index contributed by atoms with van der Waals surface area (Å²) in [6.07, 6.45) is 0.254. The van der Waals surface area contributed by atoms with E-state index >= 15 is 0 Å². The van der Waals surface area contributed by atoms with Crippen LogP contribution in [0.25, 0.3) is 0 Å². The second kappa shape index (κ2) is 2.14. The summed E-state index contributed by atoms with van der Waals surface area (Å²) in [4.78, 5) is 25.3. The predicted octanol–water partition coefficient (Wildman–Crippen LogP) is -0.652. The molecule has 0 aromatic rings. The number of hydroxylamine groups is 2. The third kappa shape index (κ3) is 1.08. The third-order valence-electron chi connectivity index (χ3n) is 1.17. The highest BCUT2D eigenvalue weighted by Crippen LogP contribution is 2.09. The molecule has 1 heterocycles. The largest absolute Gasteiger partial charge is 0.300 e. The van der Waals surface area contributed by atoms with Gasteiger partial charge >= 0.3 is 0 Å². The molecule has 1 rings (SSSR count). The maximum atomic E-state index is 10.6. The van der Waals surface area contributed by atoms with Gasteiger partial charge in [-0.15, -0.1) is 0 Å². The van der Waals surface area contributed by atoms with E-state index in [1.54, 1.807) is 0 Å². The lowest BCUT2D eigenvalue weighted by Gasteiger charge is -2.04. The SMILES string of the molecule is CN1OC(C=O)CC1=O. The Kier molecular flexibility index (Phi) is 1.48. The van der Waals surface area contributed by atoms with E-state index in [1.165, 1.54) is 7.05 Å². The molecular formula is C5H7NO3. The van der Waals surface area contributed by atoms with E-state index in [-0.39, 0.29) is 12.3 Å². The van der Waals surface area contributed by atoms with Crippen LogP contribution in [0.2, 0.25) is 0 Å². The lowest BCUT2D eigenvalue weighted by molar-refractivity contribution is -0.164. The lowest BCUT2D eigenvalue weighted by atomic mass is 10.3. The maximum absolute atomic E-state index is 10.6. The molecule has 4 nitrogen and oxygen atoms in total. The first-order chi connectivity index (χ1) is 4.24. The first-order valence-electron chi connectivity index (χ1n) is 2.62. The monoisotopic (exact) mass is 129 g/mol. The zero-order valence-corrected chi connectivity index (χ0v) is 5.03. The van der Waals surface area contributed by atoms with Crippen molar-refractivity contribution in [1.82, 2.24) is 5.06 Å². The van der Waals surface area contributed by atoms with Crippen molar-refractivity contribution < 1.29 is 14.4 Å². The van der Waals surface area contributed by atoms with Crippen LogP contribution in [0.4, 0.5) is 0 Å². The summed E-state index contributed by atoms with van der Waals surface area (Å²) < 4.78 is 0. The number of carbonyl (C=O) groups is 2. The van der Waals surface area contributed by atoms with E-state index in [9.17, 15) is 9.59 Å². The number of aldehydes is 1. The predicted molar refractivity (Wildman–Crippen MR) is 28.3 cm³/mol. The quantitative estimate of drug-likeness (QED) is 0.442. The standard InChI is InChI=1S/C5H7NO3/c1-6-5(8)2-4(3-7)9-6/h3-4H,2H2,1H3. The summed E-state index contributed by atoms with van der Waals surface area (Å²) in [5.74, 6) is -0.146. The van der Waals surface area contributed by atoms with Gasteiger partial charge in [-0.3, -0.25) is 9.63 Å². The number of carbonyl (C=O) groups excluding carboxylic acids is 2. The molecule has 0 spiro atoms. The summed E-state index contributed by atoms with van der Waals surface area (Å²) in [7, 11) is 1.49. The van der Waals surface area contributed by atoms with Crippen molar-refractivity contribution in [3.05, 3.63) is 0 Å². The Morgan fingerprint density at radius 3 is 2.78 bits per heavy atom. The molecule has 0 radical (unpaired) electrons. The topological polar surface area (TPSA) is 46.6 Å². The number of nitrogens with zero attached hydrogens (tertiary/aromatic N) is 1. The normalized spacial score (nSPS) is 27.0. The molecule has 0 aliphatic carbocycles. The Bertz CT molecular complexity index is 145. The molecule has 0 aromatic carbocycles. The van der Waals surface area contributed by atoms with Crippen LogP contribution in [0, 0.1) is 0 Å². The smallest absolute Gasteiger partial charge is 0.249 e. The molecular weight excluding hydrogens is 122 g/mol. The molecule has 1 fully saturated rings. The molecule has 1 atom stereocenters. The van der Waals surface area contributed by atoms with Crippen LogP contribution in [0.5, 0.6) is 0 Å². The summed E-state index contributed by atoms with van der Waals surface area (Å²) in [5, 5.41) is 1.08. The minimum Gasteiger partial charge on any atom is -0.300 e. The molecule has 50 valence electrons. The Labute approximate surface area is 52.3 Å². The zero-order valence-electron chi connectivity index (χ0n) is 5.03. The molecule has 0 N–H and O–H groups in total. The van der Waals surface area contributed by atoms with Crippen LogP contribution in [0.1, 0.15) is 6.42 Å². The van der Waals surface area contributed by atoms with E-state index < -0.39 is 6.10 Å². The van der Waals surface area contributed by atoms with Crippen LogP contribution < -0.4 is 0 Å². The lowest BCUT2D eigenvalue weighted by Crippen LogP contribution is -2.17. The number of hydrogen-bond acceptors (Lipinski definition) is 3. The van der Waals surface area contributed by atoms with Gasteiger partial charge in [0.2, 0.25) is 5.91 Å². The maximum Gasteiger partial charge on any atom is 0.249 e. The van der Waals surface area contributed by atoms with Crippen molar-refractivity contribution in [3.63, 3.8) is 0 Å². The van der Waals surface area contributed by atoms with Gasteiger partial charge in [0.25, 0.3) is 0 Å². The average molecular weight is 129 g/mol. The van der Waals surface area contributed by atoms with E-state index in [0.29, 0.717) is 6.29 Å². The first kappa shape index (κ1) is 6.22. The molecule has 0 aromatic heterocycles. The Hall–Kier alpha value is -0.900. The number of hydrogen-bond donors (Lipinski definition) is 0. The van der Waals surface area contributed by atoms with Crippen LogP contribution in [0.15, 0.2) is 0 Å². The van der Waals surface area contributed by atoms with Crippen molar-refractivity contribution in [2.45, 2.75) is 12.5 Å². The van der Waals surface area contributed by atoms with Crippen LogP contribution in [-0.2, 0) is 14.4 Å². The molecule has 1 aliphatic heterocycles. The van der Waals surface area contributed by atoms with Gasteiger partial charge in [-0.1, -0.05) is 0 Å². The van der Waals surface area contributed by atoms with Gasteiger partial charge in [-0.05, 0) is 0 Å². The summed E-state index contributed by atoms with van der Waals surface area (Å²) in [5.41, 5.74) is 0. The minimum atomic E-state index is -0.553. The molecule has 0 saturated carbocycles. The van der Waals surface area contributed by atoms with Gasteiger partial charge < -0.3 is 4.79 Å². The van der Waals surface area contributed by atoms with Crippen molar-refractivity contribution in [2.75, 3.05) is 7.05 Å². The highest BCUT2D eigenvalue weighted by Gasteiger charge is 2.27. The van der Waals surface area contributed by atoms with Crippen molar-refractivity contribution in [1.29, 1.82) is 0 Å². The second-order valence-electron chi connectivity index (χ2n) is 1.88. The Morgan fingerprint density at radius 2 is 2.56 bits per heavy atom. The molecule has 1 aliphatic rings. The average Bonchev–Trinajstić information content (AvgIpc) is 2.13. The fourth-order valence-corrected chi connectivity index (χ4v) is 0.673. The molecule has 1 amide bonds. The van der Waals surface area contributed by atoms with Gasteiger partial charge in [0, 0.05) is 7.05 Å². The van der Waals surface area contributed by atoms with Gasteiger partial charge in [0.05, 0.1) is 6.42 Å². The minimum absolute atomic E-state index is 0.146. The first-order valence-corrected chi connectivity index (χ1v) is 2.62. The van der Waals surface area contributed by atoms with Crippen LogP contribution in [-0.4, -0.2) is 30.4 Å².